The highest BCUT2D eigenvalue weighted by Crippen LogP contribution is 2.27. The first kappa shape index (κ1) is 18.4. The maximum absolute atomic E-state index is 12.5. The molecule has 0 spiro atoms. The van der Waals surface area contributed by atoms with Crippen molar-refractivity contribution in [2.45, 2.75) is 30.2 Å². The monoisotopic (exact) mass is 373 g/mol. The molecule has 1 aliphatic rings. The highest BCUT2D eigenvalue weighted by atomic mass is 32.2. The lowest BCUT2D eigenvalue weighted by Gasteiger charge is -2.21. The molecule has 2 atom stereocenters. The minimum Gasteiger partial charge on any atom is -0.331 e. The molecule has 0 aliphatic carbocycles. The Morgan fingerprint density at radius 2 is 2.00 bits per heavy atom. The van der Waals surface area contributed by atoms with Crippen LogP contribution in [0.1, 0.15) is 36.4 Å². The van der Waals surface area contributed by atoms with Crippen LogP contribution in [0.3, 0.4) is 0 Å². The van der Waals surface area contributed by atoms with E-state index in [1.165, 1.54) is 6.26 Å². The van der Waals surface area contributed by atoms with Crippen molar-refractivity contribution in [1.82, 2.24) is 15.2 Å². The number of pyridine rings is 1. The first-order valence-electron chi connectivity index (χ1n) is 8.60. The van der Waals surface area contributed by atoms with Gasteiger partial charge in [-0.2, -0.15) is 0 Å². The first-order chi connectivity index (χ1) is 12.3. The molecule has 2 amide bonds. The molecule has 1 fully saturated rings. The van der Waals surface area contributed by atoms with Crippen molar-refractivity contribution in [1.29, 1.82) is 0 Å². The van der Waals surface area contributed by atoms with Crippen LogP contribution in [0.15, 0.2) is 53.7 Å². The zero-order valence-corrected chi connectivity index (χ0v) is 15.7. The smallest absolute Gasteiger partial charge is 0.317 e. The van der Waals surface area contributed by atoms with Gasteiger partial charge in [0, 0.05) is 37.7 Å². The average molecular weight is 373 g/mol. The molecule has 2 heterocycles. The van der Waals surface area contributed by atoms with E-state index in [-0.39, 0.29) is 17.0 Å². The van der Waals surface area contributed by atoms with Crippen molar-refractivity contribution in [3.63, 3.8) is 0 Å². The molecule has 1 aliphatic heterocycles. The van der Waals surface area contributed by atoms with Crippen LogP contribution < -0.4 is 5.32 Å². The molecule has 1 saturated heterocycles. The molecule has 3 rings (SSSR count). The summed E-state index contributed by atoms with van der Waals surface area (Å²) in [7, 11) is -3.21. The Morgan fingerprint density at radius 1 is 1.27 bits per heavy atom. The Hall–Kier alpha value is -2.41. The molecular formula is C19H23N3O3S. The topological polar surface area (TPSA) is 79.4 Å². The molecule has 6 nitrogen and oxygen atoms in total. The fourth-order valence-electron chi connectivity index (χ4n) is 3.20. The summed E-state index contributed by atoms with van der Waals surface area (Å²) in [6.07, 6.45) is 5.72. The number of nitrogens with zero attached hydrogens (tertiary/aromatic N) is 2. The highest BCUT2D eigenvalue weighted by molar-refractivity contribution is 7.90. The van der Waals surface area contributed by atoms with Crippen LogP contribution in [0.4, 0.5) is 4.79 Å². The van der Waals surface area contributed by atoms with E-state index in [1.54, 1.807) is 30.5 Å². The number of aromatic nitrogens is 1. The van der Waals surface area contributed by atoms with Gasteiger partial charge in [-0.1, -0.05) is 18.2 Å². The summed E-state index contributed by atoms with van der Waals surface area (Å²) in [6, 6.07) is 10.3. The van der Waals surface area contributed by atoms with Gasteiger partial charge in [-0.3, -0.25) is 4.98 Å². The summed E-state index contributed by atoms with van der Waals surface area (Å²) in [5, 5.41) is 2.99. The molecule has 1 aromatic heterocycles. The van der Waals surface area contributed by atoms with Gasteiger partial charge in [0.2, 0.25) is 0 Å². The fourth-order valence-corrected chi connectivity index (χ4v) is 3.83. The van der Waals surface area contributed by atoms with E-state index in [1.807, 2.05) is 30.2 Å². The number of rotatable bonds is 4. The van der Waals surface area contributed by atoms with E-state index in [9.17, 15) is 13.2 Å². The number of nitrogens with one attached hydrogen (secondary N) is 1. The number of urea groups is 1. The molecule has 1 N–H and O–H groups in total. The summed E-state index contributed by atoms with van der Waals surface area (Å²) >= 11 is 0. The fraction of sp³-hybridized carbons (Fsp3) is 0.368. The van der Waals surface area contributed by atoms with Crippen LogP contribution in [0.25, 0.3) is 0 Å². The number of carbonyl (C=O) groups is 1. The Labute approximate surface area is 154 Å². The van der Waals surface area contributed by atoms with E-state index in [0.717, 1.165) is 17.5 Å². The zero-order chi connectivity index (χ0) is 18.7. The van der Waals surface area contributed by atoms with Gasteiger partial charge in [0.25, 0.3) is 0 Å². The van der Waals surface area contributed by atoms with Gasteiger partial charge < -0.3 is 10.2 Å². The van der Waals surface area contributed by atoms with Crippen LogP contribution in [0, 0.1) is 0 Å². The number of hydrogen-bond donors (Lipinski definition) is 1. The maximum Gasteiger partial charge on any atom is 0.317 e. The van der Waals surface area contributed by atoms with Crippen molar-refractivity contribution >= 4 is 15.9 Å². The second-order valence-corrected chi connectivity index (χ2v) is 8.75. The van der Waals surface area contributed by atoms with E-state index in [4.69, 9.17) is 0 Å². The van der Waals surface area contributed by atoms with Crippen molar-refractivity contribution in [2.75, 3.05) is 19.3 Å². The van der Waals surface area contributed by atoms with Crippen LogP contribution in [-0.2, 0) is 9.84 Å². The van der Waals surface area contributed by atoms with Crippen LogP contribution in [0.5, 0.6) is 0 Å². The first-order valence-corrected chi connectivity index (χ1v) is 10.5. The molecule has 0 bridgehead atoms. The van der Waals surface area contributed by atoms with Gasteiger partial charge in [0.1, 0.15) is 0 Å². The number of hydrogen-bond acceptors (Lipinski definition) is 4. The van der Waals surface area contributed by atoms with E-state index >= 15 is 0 Å². The molecule has 0 radical (unpaired) electrons. The van der Waals surface area contributed by atoms with Crippen LogP contribution in [-0.4, -0.2) is 43.7 Å². The Balaban J connectivity index is 1.59. The van der Waals surface area contributed by atoms with Gasteiger partial charge in [-0.15, -0.1) is 0 Å². The SMILES string of the molecule is CC(NC(=O)N1CCC(c2cccnc2)C1)c1ccc(S(C)(=O)=O)cc1. The average Bonchev–Trinajstić information content (AvgIpc) is 3.12. The Bertz CT molecular complexity index is 867. The predicted molar refractivity (Wildman–Crippen MR) is 99.7 cm³/mol. The number of likely N-dealkylation sites (tertiary alicyclic amines) is 1. The van der Waals surface area contributed by atoms with Crippen LogP contribution >= 0.6 is 0 Å². The molecule has 2 unspecified atom stereocenters. The van der Waals surface area contributed by atoms with Gasteiger partial charge in [0.15, 0.2) is 9.84 Å². The Kier molecular flexibility index (Phi) is 5.27. The lowest BCUT2D eigenvalue weighted by Crippen LogP contribution is -2.39. The maximum atomic E-state index is 12.5. The third-order valence-electron chi connectivity index (χ3n) is 4.78. The number of carbonyl (C=O) groups excluding carboxylic acids is 1. The number of sulfone groups is 1. The minimum absolute atomic E-state index is 0.101. The van der Waals surface area contributed by atoms with Gasteiger partial charge in [-0.25, -0.2) is 13.2 Å². The minimum atomic E-state index is -3.21. The molecule has 138 valence electrons. The third kappa shape index (κ3) is 4.22. The zero-order valence-electron chi connectivity index (χ0n) is 14.9. The van der Waals surface area contributed by atoms with E-state index < -0.39 is 9.84 Å². The van der Waals surface area contributed by atoms with Gasteiger partial charge >= 0.3 is 6.03 Å². The van der Waals surface area contributed by atoms with Crippen molar-refractivity contribution < 1.29 is 13.2 Å². The van der Waals surface area contributed by atoms with E-state index in [0.29, 0.717) is 19.0 Å². The summed E-state index contributed by atoms with van der Waals surface area (Å²) in [4.78, 5) is 18.8. The van der Waals surface area contributed by atoms with Crippen molar-refractivity contribution in [3.8, 4) is 0 Å². The second-order valence-electron chi connectivity index (χ2n) is 6.73. The Morgan fingerprint density at radius 3 is 2.62 bits per heavy atom. The number of benzene rings is 1. The molecule has 0 saturated carbocycles. The highest BCUT2D eigenvalue weighted by Gasteiger charge is 2.28. The predicted octanol–water partition coefficient (Wildman–Crippen LogP) is 2.75. The van der Waals surface area contributed by atoms with Gasteiger partial charge in [0.05, 0.1) is 10.9 Å². The second kappa shape index (κ2) is 7.45. The standard InChI is InChI=1S/C19H23N3O3S/c1-14(15-5-7-18(8-6-15)26(2,24)25)21-19(23)22-11-9-17(13-22)16-4-3-10-20-12-16/h3-8,10,12,14,17H,9,11,13H2,1-2H3,(H,21,23). The third-order valence-corrected chi connectivity index (χ3v) is 5.91. The summed E-state index contributed by atoms with van der Waals surface area (Å²) in [6.45, 7) is 3.28. The normalized spacial score (nSPS) is 18.5. The van der Waals surface area contributed by atoms with Gasteiger partial charge in [-0.05, 0) is 42.7 Å². The summed E-state index contributed by atoms with van der Waals surface area (Å²) in [5.41, 5.74) is 2.03. The molecule has 1 aromatic carbocycles. The molecule has 2 aromatic rings. The van der Waals surface area contributed by atoms with Crippen molar-refractivity contribution in [3.05, 3.63) is 59.9 Å². The van der Waals surface area contributed by atoms with Crippen molar-refractivity contribution in [2.24, 2.45) is 0 Å². The lowest BCUT2D eigenvalue weighted by molar-refractivity contribution is 0.205. The summed E-state index contributed by atoms with van der Waals surface area (Å²) in [5.74, 6) is 0.318. The van der Waals surface area contributed by atoms with E-state index in [2.05, 4.69) is 10.3 Å². The molecular weight excluding hydrogens is 350 g/mol. The largest absolute Gasteiger partial charge is 0.331 e. The lowest BCUT2D eigenvalue weighted by atomic mass is 10.0. The number of amides is 2. The quantitative estimate of drug-likeness (QED) is 0.894. The molecule has 7 heteroatoms. The summed E-state index contributed by atoms with van der Waals surface area (Å²) < 4.78 is 23.1. The van der Waals surface area contributed by atoms with Crippen LogP contribution in [0.2, 0.25) is 0 Å². The molecule has 26 heavy (non-hydrogen) atoms.